The molecule has 1 aliphatic rings. The first kappa shape index (κ1) is 14.1. The summed E-state index contributed by atoms with van der Waals surface area (Å²) < 4.78 is 11.3. The molecule has 1 atom stereocenters. The second-order valence-electron chi connectivity index (χ2n) is 5.25. The maximum absolute atomic E-state index is 5.91. The van der Waals surface area contributed by atoms with Crippen molar-refractivity contribution in [3.63, 3.8) is 0 Å². The third kappa shape index (κ3) is 3.26. The van der Waals surface area contributed by atoms with Crippen LogP contribution in [0.25, 0.3) is 0 Å². The molecule has 0 spiro atoms. The lowest BCUT2D eigenvalue weighted by Crippen LogP contribution is -2.27. The molecule has 1 N–H and O–H groups in total. The van der Waals surface area contributed by atoms with Crippen LogP contribution in [0.15, 0.2) is 48.5 Å². The molecule has 1 aliphatic heterocycles. The van der Waals surface area contributed by atoms with Crippen LogP contribution in [0.1, 0.15) is 22.8 Å². The smallest absolute Gasteiger partial charge is 0.123 e. The van der Waals surface area contributed by atoms with Gasteiger partial charge in [0.2, 0.25) is 0 Å². The van der Waals surface area contributed by atoms with E-state index in [9.17, 15) is 0 Å². The van der Waals surface area contributed by atoms with E-state index in [1.54, 1.807) is 7.11 Å². The van der Waals surface area contributed by atoms with Gasteiger partial charge in [-0.05, 0) is 23.6 Å². The van der Waals surface area contributed by atoms with E-state index in [-0.39, 0.29) is 6.10 Å². The number of benzene rings is 2. The first-order valence-corrected chi connectivity index (χ1v) is 7.40. The standard InChI is InChI=1S/C18H21NO2/c1-20-17-9-5-3-7-15(17)12-19-13-18-16-8-4-2-6-14(16)10-11-21-18/h2-9,18-19H,10-13H2,1H3. The van der Waals surface area contributed by atoms with Gasteiger partial charge in [0.1, 0.15) is 5.75 Å². The van der Waals surface area contributed by atoms with Crippen molar-refractivity contribution in [2.75, 3.05) is 20.3 Å². The normalized spacial score (nSPS) is 17.3. The maximum Gasteiger partial charge on any atom is 0.123 e. The maximum atomic E-state index is 5.91. The van der Waals surface area contributed by atoms with Crippen LogP contribution in [0.3, 0.4) is 0 Å². The Labute approximate surface area is 125 Å². The largest absolute Gasteiger partial charge is 0.496 e. The summed E-state index contributed by atoms with van der Waals surface area (Å²) in [6.45, 7) is 2.40. The average molecular weight is 283 g/mol. The van der Waals surface area contributed by atoms with E-state index < -0.39 is 0 Å². The van der Waals surface area contributed by atoms with Crippen molar-refractivity contribution in [3.05, 3.63) is 65.2 Å². The summed E-state index contributed by atoms with van der Waals surface area (Å²) in [7, 11) is 1.71. The molecular weight excluding hydrogens is 262 g/mol. The van der Waals surface area contributed by atoms with E-state index in [2.05, 4.69) is 35.6 Å². The summed E-state index contributed by atoms with van der Waals surface area (Å²) in [5, 5.41) is 3.48. The molecule has 0 amide bonds. The second-order valence-corrected chi connectivity index (χ2v) is 5.25. The van der Waals surface area contributed by atoms with Crippen LogP contribution in [0.4, 0.5) is 0 Å². The molecule has 1 heterocycles. The number of ether oxygens (including phenoxy) is 2. The Bertz CT molecular complexity index is 597. The predicted molar refractivity (Wildman–Crippen MR) is 83.5 cm³/mol. The van der Waals surface area contributed by atoms with Gasteiger partial charge in [-0.25, -0.2) is 0 Å². The molecule has 0 radical (unpaired) electrons. The highest BCUT2D eigenvalue weighted by Crippen LogP contribution is 2.26. The van der Waals surface area contributed by atoms with Crippen molar-refractivity contribution >= 4 is 0 Å². The molecule has 21 heavy (non-hydrogen) atoms. The molecule has 0 bridgehead atoms. The number of rotatable bonds is 5. The Hall–Kier alpha value is -1.84. The van der Waals surface area contributed by atoms with E-state index in [1.165, 1.54) is 16.7 Å². The predicted octanol–water partition coefficient (Wildman–Crippen LogP) is 3.10. The first-order chi connectivity index (χ1) is 10.4. The van der Waals surface area contributed by atoms with Crippen molar-refractivity contribution in [1.29, 1.82) is 0 Å². The molecule has 1 unspecified atom stereocenters. The van der Waals surface area contributed by atoms with Crippen molar-refractivity contribution in [1.82, 2.24) is 5.32 Å². The second kappa shape index (κ2) is 6.74. The minimum atomic E-state index is 0.143. The van der Waals surface area contributed by atoms with Crippen LogP contribution < -0.4 is 10.1 Å². The Morgan fingerprint density at radius 3 is 2.86 bits per heavy atom. The van der Waals surface area contributed by atoms with Gasteiger partial charge in [-0.2, -0.15) is 0 Å². The van der Waals surface area contributed by atoms with E-state index in [0.29, 0.717) is 0 Å². The van der Waals surface area contributed by atoms with Gasteiger partial charge >= 0.3 is 0 Å². The zero-order valence-electron chi connectivity index (χ0n) is 12.3. The van der Waals surface area contributed by atoms with Gasteiger partial charge in [0.05, 0.1) is 19.8 Å². The van der Waals surface area contributed by atoms with Gasteiger partial charge in [-0.15, -0.1) is 0 Å². The van der Waals surface area contributed by atoms with Crippen LogP contribution in [-0.4, -0.2) is 20.3 Å². The molecular formula is C18H21NO2. The molecule has 0 aromatic heterocycles. The molecule has 0 fully saturated rings. The molecule has 110 valence electrons. The summed E-state index contributed by atoms with van der Waals surface area (Å²) >= 11 is 0. The summed E-state index contributed by atoms with van der Waals surface area (Å²) in [5.41, 5.74) is 3.90. The summed E-state index contributed by atoms with van der Waals surface area (Å²) in [6.07, 6.45) is 1.16. The van der Waals surface area contributed by atoms with Crippen LogP contribution in [0, 0.1) is 0 Å². The fourth-order valence-corrected chi connectivity index (χ4v) is 2.83. The summed E-state index contributed by atoms with van der Waals surface area (Å²) in [6, 6.07) is 16.7. The molecule has 0 saturated heterocycles. The number of para-hydroxylation sites is 1. The van der Waals surface area contributed by atoms with Crippen molar-refractivity contribution in [2.45, 2.75) is 19.1 Å². The number of nitrogens with one attached hydrogen (secondary N) is 1. The minimum absolute atomic E-state index is 0.143. The quantitative estimate of drug-likeness (QED) is 0.914. The average Bonchev–Trinajstić information content (AvgIpc) is 2.55. The fourth-order valence-electron chi connectivity index (χ4n) is 2.83. The first-order valence-electron chi connectivity index (χ1n) is 7.40. The molecule has 3 heteroatoms. The van der Waals surface area contributed by atoms with Gasteiger partial charge < -0.3 is 14.8 Å². The molecule has 2 aromatic carbocycles. The highest BCUT2D eigenvalue weighted by molar-refractivity contribution is 5.33. The Kier molecular flexibility index (Phi) is 4.53. The number of methoxy groups -OCH3 is 1. The highest BCUT2D eigenvalue weighted by atomic mass is 16.5. The molecule has 0 aliphatic carbocycles. The van der Waals surface area contributed by atoms with E-state index in [4.69, 9.17) is 9.47 Å². The molecule has 3 rings (SSSR count). The Morgan fingerprint density at radius 2 is 1.95 bits per heavy atom. The third-order valence-corrected chi connectivity index (χ3v) is 3.93. The van der Waals surface area contributed by atoms with Gasteiger partial charge in [0.25, 0.3) is 0 Å². The Balaban J connectivity index is 1.61. The topological polar surface area (TPSA) is 30.5 Å². The molecule has 2 aromatic rings. The zero-order chi connectivity index (χ0) is 14.5. The van der Waals surface area contributed by atoms with Crippen molar-refractivity contribution in [3.8, 4) is 5.75 Å². The van der Waals surface area contributed by atoms with E-state index in [0.717, 1.165) is 31.9 Å². The lowest BCUT2D eigenvalue weighted by molar-refractivity contribution is 0.0423. The lowest BCUT2D eigenvalue weighted by Gasteiger charge is -2.26. The van der Waals surface area contributed by atoms with E-state index in [1.807, 2.05) is 18.2 Å². The van der Waals surface area contributed by atoms with Crippen LogP contribution in [-0.2, 0) is 17.7 Å². The number of hydrogen-bond acceptors (Lipinski definition) is 3. The monoisotopic (exact) mass is 283 g/mol. The van der Waals surface area contributed by atoms with Gasteiger partial charge in [-0.1, -0.05) is 42.5 Å². The van der Waals surface area contributed by atoms with Crippen molar-refractivity contribution < 1.29 is 9.47 Å². The van der Waals surface area contributed by atoms with Crippen LogP contribution in [0.5, 0.6) is 5.75 Å². The number of fused-ring (bicyclic) bond motifs is 1. The fraction of sp³-hybridized carbons (Fsp3) is 0.333. The zero-order valence-corrected chi connectivity index (χ0v) is 12.3. The third-order valence-electron chi connectivity index (χ3n) is 3.93. The summed E-state index contributed by atoms with van der Waals surface area (Å²) in [5.74, 6) is 0.926. The molecule has 0 saturated carbocycles. The SMILES string of the molecule is COc1ccccc1CNCC1OCCc2ccccc21. The minimum Gasteiger partial charge on any atom is -0.496 e. The highest BCUT2D eigenvalue weighted by Gasteiger charge is 2.19. The van der Waals surface area contributed by atoms with Gasteiger partial charge in [0, 0.05) is 18.7 Å². The lowest BCUT2D eigenvalue weighted by atomic mass is 9.97. The molecule has 3 nitrogen and oxygen atoms in total. The van der Waals surface area contributed by atoms with E-state index >= 15 is 0 Å². The van der Waals surface area contributed by atoms with Crippen molar-refractivity contribution in [2.24, 2.45) is 0 Å². The van der Waals surface area contributed by atoms with Gasteiger partial charge in [-0.3, -0.25) is 0 Å². The van der Waals surface area contributed by atoms with Gasteiger partial charge in [0.15, 0.2) is 0 Å². The van der Waals surface area contributed by atoms with Crippen LogP contribution in [0.2, 0.25) is 0 Å². The number of hydrogen-bond donors (Lipinski definition) is 1. The summed E-state index contributed by atoms with van der Waals surface area (Å²) in [4.78, 5) is 0. The van der Waals surface area contributed by atoms with Crippen LogP contribution >= 0.6 is 0 Å². The Morgan fingerprint density at radius 1 is 1.14 bits per heavy atom.